The van der Waals surface area contributed by atoms with Crippen LogP contribution in [0, 0.1) is 5.92 Å². The van der Waals surface area contributed by atoms with Gasteiger partial charge < -0.3 is 10.6 Å². The first kappa shape index (κ1) is 12.1. The third kappa shape index (κ3) is 2.73. The summed E-state index contributed by atoms with van der Waals surface area (Å²) in [5.41, 5.74) is 1.29. The van der Waals surface area contributed by atoms with Crippen molar-refractivity contribution in [3.63, 3.8) is 0 Å². The van der Waals surface area contributed by atoms with Crippen molar-refractivity contribution in [1.82, 2.24) is 15.6 Å². The fourth-order valence-electron chi connectivity index (χ4n) is 3.55. The summed E-state index contributed by atoms with van der Waals surface area (Å²) in [5, 5.41) is 7.42. The number of pyridine rings is 1. The molecule has 3 heteroatoms. The second kappa shape index (κ2) is 5.81. The highest BCUT2D eigenvalue weighted by Crippen LogP contribution is 2.32. The molecule has 2 heterocycles. The van der Waals surface area contributed by atoms with Crippen molar-refractivity contribution in [2.75, 3.05) is 6.54 Å². The number of aromatic nitrogens is 1. The van der Waals surface area contributed by atoms with Crippen LogP contribution >= 0.6 is 0 Å². The van der Waals surface area contributed by atoms with Gasteiger partial charge in [0.25, 0.3) is 0 Å². The average Bonchev–Trinajstić information content (AvgIpc) is 3.08. The van der Waals surface area contributed by atoms with Crippen molar-refractivity contribution in [1.29, 1.82) is 0 Å². The minimum atomic E-state index is 0.695. The predicted octanol–water partition coefficient (Wildman–Crippen LogP) is 2.09. The fraction of sp³-hybridized carbons (Fsp3) is 0.667. The van der Waals surface area contributed by atoms with Crippen LogP contribution in [-0.2, 0) is 6.54 Å². The molecule has 0 aromatic carbocycles. The minimum Gasteiger partial charge on any atom is -0.314 e. The maximum absolute atomic E-state index is 4.17. The Morgan fingerprint density at radius 3 is 3.06 bits per heavy atom. The van der Waals surface area contributed by atoms with Gasteiger partial charge in [0.2, 0.25) is 0 Å². The third-order valence-corrected chi connectivity index (χ3v) is 4.48. The maximum atomic E-state index is 4.17. The second-order valence-electron chi connectivity index (χ2n) is 5.65. The first-order chi connectivity index (χ1) is 8.93. The van der Waals surface area contributed by atoms with Crippen LogP contribution in [0.3, 0.4) is 0 Å². The molecule has 1 saturated carbocycles. The lowest BCUT2D eigenvalue weighted by molar-refractivity contribution is 0.320. The van der Waals surface area contributed by atoms with E-state index >= 15 is 0 Å². The molecule has 0 spiro atoms. The summed E-state index contributed by atoms with van der Waals surface area (Å²) in [6.45, 7) is 2.18. The average molecular weight is 245 g/mol. The van der Waals surface area contributed by atoms with Gasteiger partial charge >= 0.3 is 0 Å². The summed E-state index contributed by atoms with van der Waals surface area (Å²) < 4.78 is 0. The summed E-state index contributed by atoms with van der Waals surface area (Å²) >= 11 is 0. The monoisotopic (exact) mass is 245 g/mol. The third-order valence-electron chi connectivity index (χ3n) is 4.48. The van der Waals surface area contributed by atoms with Gasteiger partial charge in [0.15, 0.2) is 0 Å². The van der Waals surface area contributed by atoms with Crippen molar-refractivity contribution in [2.24, 2.45) is 5.92 Å². The Morgan fingerprint density at radius 1 is 1.28 bits per heavy atom. The van der Waals surface area contributed by atoms with Crippen LogP contribution < -0.4 is 10.6 Å². The van der Waals surface area contributed by atoms with E-state index in [2.05, 4.69) is 21.7 Å². The van der Waals surface area contributed by atoms with Gasteiger partial charge in [-0.1, -0.05) is 12.5 Å². The first-order valence-corrected chi connectivity index (χ1v) is 7.29. The molecule has 98 valence electrons. The summed E-state index contributed by atoms with van der Waals surface area (Å²) in [4.78, 5) is 4.17. The Hall–Kier alpha value is -0.930. The van der Waals surface area contributed by atoms with E-state index in [1.165, 1.54) is 44.2 Å². The van der Waals surface area contributed by atoms with E-state index < -0.39 is 0 Å². The Labute approximate surface area is 109 Å². The van der Waals surface area contributed by atoms with Gasteiger partial charge in [-0.3, -0.25) is 4.98 Å². The molecule has 0 bridgehead atoms. The van der Waals surface area contributed by atoms with E-state index in [4.69, 9.17) is 0 Å². The summed E-state index contributed by atoms with van der Waals surface area (Å²) in [6.07, 6.45) is 10.6. The summed E-state index contributed by atoms with van der Waals surface area (Å²) in [7, 11) is 0. The lowest BCUT2D eigenvalue weighted by Gasteiger charge is -2.26. The van der Waals surface area contributed by atoms with E-state index in [0.717, 1.165) is 18.5 Å². The molecule has 18 heavy (non-hydrogen) atoms. The highest BCUT2D eigenvalue weighted by atomic mass is 15.0. The van der Waals surface area contributed by atoms with Gasteiger partial charge in [-0.2, -0.15) is 0 Å². The van der Waals surface area contributed by atoms with Crippen molar-refractivity contribution < 1.29 is 0 Å². The smallest absolute Gasteiger partial charge is 0.0312 e. The van der Waals surface area contributed by atoms with Crippen LogP contribution in [0.15, 0.2) is 24.5 Å². The molecule has 2 aliphatic rings. The standard InChI is InChI=1S/C15H23N3/c1-5-13(14-7-3-9-17-14)15(6-1)18-11-12-4-2-8-16-10-12/h2,4,8,10,13-15,17-18H,1,3,5-7,9,11H2. The lowest BCUT2D eigenvalue weighted by atomic mass is 9.93. The Balaban J connectivity index is 1.55. The molecule has 1 aromatic heterocycles. The molecule has 0 radical (unpaired) electrons. The molecule has 3 rings (SSSR count). The normalized spacial score (nSPS) is 31.9. The van der Waals surface area contributed by atoms with Crippen LogP contribution in [-0.4, -0.2) is 23.6 Å². The molecule has 1 aromatic rings. The van der Waals surface area contributed by atoms with Crippen molar-refractivity contribution in [3.05, 3.63) is 30.1 Å². The van der Waals surface area contributed by atoms with Gasteiger partial charge in [-0.05, 0) is 49.8 Å². The Kier molecular flexibility index (Phi) is 3.91. The molecule has 2 N–H and O–H groups in total. The van der Waals surface area contributed by atoms with Crippen LogP contribution in [0.25, 0.3) is 0 Å². The topological polar surface area (TPSA) is 37.0 Å². The van der Waals surface area contributed by atoms with E-state index in [0.29, 0.717) is 6.04 Å². The fourth-order valence-corrected chi connectivity index (χ4v) is 3.55. The van der Waals surface area contributed by atoms with Gasteiger partial charge in [-0.25, -0.2) is 0 Å². The van der Waals surface area contributed by atoms with Gasteiger partial charge in [0.05, 0.1) is 0 Å². The minimum absolute atomic E-state index is 0.695. The van der Waals surface area contributed by atoms with E-state index in [-0.39, 0.29) is 0 Å². The van der Waals surface area contributed by atoms with Crippen molar-refractivity contribution in [2.45, 2.75) is 50.7 Å². The SMILES string of the molecule is c1cncc(CNC2CCCC2C2CCCN2)c1. The van der Waals surface area contributed by atoms with Crippen LogP contribution in [0.4, 0.5) is 0 Å². The van der Waals surface area contributed by atoms with Crippen LogP contribution in [0.1, 0.15) is 37.7 Å². The molecule has 2 fully saturated rings. The van der Waals surface area contributed by atoms with Crippen molar-refractivity contribution in [3.8, 4) is 0 Å². The molecule has 1 aliphatic carbocycles. The Morgan fingerprint density at radius 2 is 2.28 bits per heavy atom. The van der Waals surface area contributed by atoms with Crippen molar-refractivity contribution >= 4 is 0 Å². The molecule has 3 atom stereocenters. The van der Waals surface area contributed by atoms with E-state index in [1.54, 1.807) is 0 Å². The van der Waals surface area contributed by atoms with Crippen LogP contribution in [0.2, 0.25) is 0 Å². The zero-order chi connectivity index (χ0) is 12.2. The highest BCUT2D eigenvalue weighted by Gasteiger charge is 2.34. The zero-order valence-corrected chi connectivity index (χ0v) is 10.9. The first-order valence-electron chi connectivity index (χ1n) is 7.29. The molecule has 3 nitrogen and oxygen atoms in total. The van der Waals surface area contributed by atoms with Gasteiger partial charge in [0.1, 0.15) is 0 Å². The maximum Gasteiger partial charge on any atom is 0.0312 e. The number of nitrogens with zero attached hydrogens (tertiary/aromatic N) is 1. The number of rotatable bonds is 4. The molecule has 1 saturated heterocycles. The number of hydrogen-bond acceptors (Lipinski definition) is 3. The Bertz CT molecular complexity index is 359. The van der Waals surface area contributed by atoms with Crippen LogP contribution in [0.5, 0.6) is 0 Å². The summed E-state index contributed by atoms with van der Waals surface area (Å²) in [5.74, 6) is 0.837. The van der Waals surface area contributed by atoms with E-state index in [9.17, 15) is 0 Å². The largest absolute Gasteiger partial charge is 0.314 e. The second-order valence-corrected chi connectivity index (χ2v) is 5.65. The number of hydrogen-bond donors (Lipinski definition) is 2. The molecular weight excluding hydrogens is 222 g/mol. The predicted molar refractivity (Wildman–Crippen MR) is 73.2 cm³/mol. The van der Waals surface area contributed by atoms with E-state index in [1.807, 2.05) is 18.5 Å². The number of nitrogens with one attached hydrogen (secondary N) is 2. The lowest BCUT2D eigenvalue weighted by Crippen LogP contribution is -2.41. The molecule has 0 amide bonds. The molecular formula is C15H23N3. The quantitative estimate of drug-likeness (QED) is 0.853. The van der Waals surface area contributed by atoms with Gasteiger partial charge in [-0.15, -0.1) is 0 Å². The van der Waals surface area contributed by atoms with Gasteiger partial charge in [0, 0.05) is 31.0 Å². The molecule has 1 aliphatic heterocycles. The highest BCUT2D eigenvalue weighted by molar-refractivity contribution is 5.08. The zero-order valence-electron chi connectivity index (χ0n) is 10.9. The molecule has 3 unspecified atom stereocenters. The summed E-state index contributed by atoms with van der Waals surface area (Å²) in [6, 6.07) is 5.62.